The van der Waals surface area contributed by atoms with Crippen molar-refractivity contribution in [3.05, 3.63) is 71.8 Å². The smallest absolute Gasteiger partial charge is 0.324 e. The standard InChI is InChI=1S/C24H26O5/c1-3-28-22(26)24(23(27)29-4-2)20(17-11-7-5-8-12-17)15-19(25)16-21(24)18-13-9-6-10-14-18/h5-14,20-21H,3-4,15-16H2,1-2H3/t20-,21-/m1/s1. The second kappa shape index (κ2) is 9.03. The van der Waals surface area contributed by atoms with Gasteiger partial charge >= 0.3 is 11.9 Å². The molecule has 3 rings (SSSR count). The summed E-state index contributed by atoms with van der Waals surface area (Å²) in [6, 6.07) is 18.5. The Kier molecular flexibility index (Phi) is 6.47. The summed E-state index contributed by atoms with van der Waals surface area (Å²) in [7, 11) is 0. The zero-order valence-corrected chi connectivity index (χ0v) is 16.8. The third kappa shape index (κ3) is 3.82. The second-order valence-electron chi connectivity index (χ2n) is 7.18. The molecule has 2 atom stereocenters. The molecule has 1 fully saturated rings. The van der Waals surface area contributed by atoms with E-state index in [1.807, 2.05) is 60.7 Å². The van der Waals surface area contributed by atoms with Gasteiger partial charge in [-0.1, -0.05) is 60.7 Å². The summed E-state index contributed by atoms with van der Waals surface area (Å²) in [5, 5.41) is 0. The molecule has 0 spiro atoms. The molecule has 1 aliphatic carbocycles. The van der Waals surface area contributed by atoms with E-state index in [1.165, 1.54) is 0 Å². The molecule has 0 aromatic heterocycles. The molecule has 0 aliphatic heterocycles. The number of hydrogen-bond donors (Lipinski definition) is 0. The zero-order valence-electron chi connectivity index (χ0n) is 16.8. The van der Waals surface area contributed by atoms with Gasteiger partial charge in [0.15, 0.2) is 5.41 Å². The van der Waals surface area contributed by atoms with Gasteiger partial charge in [0.25, 0.3) is 0 Å². The van der Waals surface area contributed by atoms with Crippen molar-refractivity contribution >= 4 is 17.7 Å². The van der Waals surface area contributed by atoms with Crippen LogP contribution in [0, 0.1) is 5.41 Å². The molecule has 2 aromatic rings. The summed E-state index contributed by atoms with van der Waals surface area (Å²) in [6.45, 7) is 3.69. The van der Waals surface area contributed by atoms with Gasteiger partial charge in [0.05, 0.1) is 13.2 Å². The van der Waals surface area contributed by atoms with Gasteiger partial charge in [0.2, 0.25) is 0 Å². The van der Waals surface area contributed by atoms with Crippen LogP contribution >= 0.6 is 0 Å². The largest absolute Gasteiger partial charge is 0.465 e. The molecular weight excluding hydrogens is 368 g/mol. The van der Waals surface area contributed by atoms with Crippen molar-refractivity contribution in [1.29, 1.82) is 0 Å². The molecule has 2 aromatic carbocycles. The van der Waals surface area contributed by atoms with E-state index in [0.29, 0.717) is 0 Å². The molecule has 0 radical (unpaired) electrons. The molecule has 0 bridgehead atoms. The van der Waals surface area contributed by atoms with Crippen LogP contribution in [0.1, 0.15) is 49.7 Å². The van der Waals surface area contributed by atoms with E-state index in [9.17, 15) is 14.4 Å². The first-order valence-electron chi connectivity index (χ1n) is 10.0. The van der Waals surface area contributed by atoms with Crippen LogP contribution in [-0.4, -0.2) is 30.9 Å². The Morgan fingerprint density at radius 1 is 0.793 bits per heavy atom. The highest BCUT2D eigenvalue weighted by molar-refractivity contribution is 6.05. The Morgan fingerprint density at radius 3 is 1.52 bits per heavy atom. The molecule has 0 heterocycles. The number of ether oxygens (including phenoxy) is 2. The molecule has 5 heteroatoms. The molecule has 1 saturated carbocycles. The Morgan fingerprint density at radius 2 is 1.17 bits per heavy atom. The predicted molar refractivity (Wildman–Crippen MR) is 108 cm³/mol. The topological polar surface area (TPSA) is 69.7 Å². The number of hydrogen-bond acceptors (Lipinski definition) is 5. The van der Waals surface area contributed by atoms with E-state index in [2.05, 4.69) is 0 Å². The molecule has 0 N–H and O–H groups in total. The van der Waals surface area contributed by atoms with E-state index in [0.717, 1.165) is 11.1 Å². The number of ketones is 1. The molecule has 0 amide bonds. The quantitative estimate of drug-likeness (QED) is 0.546. The normalized spacial score (nSPS) is 20.7. The van der Waals surface area contributed by atoms with Crippen LogP contribution in [-0.2, 0) is 23.9 Å². The lowest BCUT2D eigenvalue weighted by Gasteiger charge is -2.45. The van der Waals surface area contributed by atoms with Gasteiger partial charge in [-0.15, -0.1) is 0 Å². The highest BCUT2D eigenvalue weighted by Crippen LogP contribution is 2.55. The highest BCUT2D eigenvalue weighted by atomic mass is 16.6. The minimum atomic E-state index is -1.62. The first kappa shape index (κ1) is 20.8. The van der Waals surface area contributed by atoms with Crippen LogP contribution in [0.4, 0.5) is 0 Å². The molecule has 5 nitrogen and oxygen atoms in total. The monoisotopic (exact) mass is 394 g/mol. The van der Waals surface area contributed by atoms with Gasteiger partial charge in [-0.3, -0.25) is 14.4 Å². The minimum Gasteiger partial charge on any atom is -0.465 e. The minimum absolute atomic E-state index is 0.0110. The van der Waals surface area contributed by atoms with Crippen LogP contribution in [0.5, 0.6) is 0 Å². The lowest BCUT2D eigenvalue weighted by molar-refractivity contribution is -0.178. The summed E-state index contributed by atoms with van der Waals surface area (Å²) in [4.78, 5) is 39.7. The third-order valence-electron chi connectivity index (χ3n) is 5.59. The molecule has 29 heavy (non-hydrogen) atoms. The molecule has 152 valence electrons. The van der Waals surface area contributed by atoms with Crippen LogP contribution in [0.25, 0.3) is 0 Å². The van der Waals surface area contributed by atoms with Gasteiger partial charge < -0.3 is 9.47 Å². The van der Waals surface area contributed by atoms with Crippen molar-refractivity contribution in [3.8, 4) is 0 Å². The zero-order chi connectivity index (χ0) is 20.9. The van der Waals surface area contributed by atoms with Gasteiger partial charge in [-0.2, -0.15) is 0 Å². The van der Waals surface area contributed by atoms with Gasteiger partial charge in [-0.25, -0.2) is 0 Å². The van der Waals surface area contributed by atoms with Crippen molar-refractivity contribution in [2.24, 2.45) is 5.41 Å². The Balaban J connectivity index is 2.28. The van der Waals surface area contributed by atoms with Gasteiger partial charge in [-0.05, 0) is 25.0 Å². The summed E-state index contributed by atoms with van der Waals surface area (Å²) in [5.74, 6) is -2.57. The number of carbonyl (C=O) groups is 3. The highest BCUT2D eigenvalue weighted by Gasteiger charge is 2.63. The molecular formula is C24H26O5. The Labute approximate surface area is 171 Å². The van der Waals surface area contributed by atoms with Crippen LogP contribution in [0.2, 0.25) is 0 Å². The van der Waals surface area contributed by atoms with Crippen LogP contribution in [0.15, 0.2) is 60.7 Å². The van der Waals surface area contributed by atoms with Crippen molar-refractivity contribution in [3.63, 3.8) is 0 Å². The van der Waals surface area contributed by atoms with Gasteiger partial charge in [0.1, 0.15) is 5.78 Å². The molecule has 0 saturated heterocycles. The SMILES string of the molecule is CCOC(=O)C1(C(=O)OCC)[C@@H](c2ccccc2)CC(=O)C[C@@H]1c1ccccc1. The Hall–Kier alpha value is -2.95. The van der Waals surface area contributed by atoms with E-state index in [-0.39, 0.29) is 31.8 Å². The molecule has 0 unspecified atom stereocenters. The lowest BCUT2D eigenvalue weighted by Crippen LogP contribution is -2.54. The van der Waals surface area contributed by atoms with Crippen molar-refractivity contribution in [1.82, 2.24) is 0 Å². The van der Waals surface area contributed by atoms with Crippen molar-refractivity contribution < 1.29 is 23.9 Å². The summed E-state index contributed by atoms with van der Waals surface area (Å²) in [6.07, 6.45) is 0.177. The number of rotatable bonds is 6. The van der Waals surface area contributed by atoms with Crippen LogP contribution < -0.4 is 0 Å². The van der Waals surface area contributed by atoms with Crippen LogP contribution in [0.3, 0.4) is 0 Å². The molecule has 1 aliphatic rings. The maximum absolute atomic E-state index is 13.5. The number of carbonyl (C=O) groups excluding carboxylic acids is 3. The van der Waals surface area contributed by atoms with Gasteiger partial charge in [0, 0.05) is 24.7 Å². The summed E-state index contributed by atoms with van der Waals surface area (Å²) in [5.41, 5.74) is -0.118. The Bertz CT molecular complexity index is 788. The fourth-order valence-corrected chi connectivity index (χ4v) is 4.39. The number of Topliss-reactive ketones (excluding diaryl/α,β-unsaturated/α-hetero) is 1. The van der Waals surface area contributed by atoms with Crippen molar-refractivity contribution in [2.75, 3.05) is 13.2 Å². The van der Waals surface area contributed by atoms with E-state index < -0.39 is 29.2 Å². The lowest BCUT2D eigenvalue weighted by atomic mass is 9.56. The second-order valence-corrected chi connectivity index (χ2v) is 7.18. The number of benzene rings is 2. The summed E-state index contributed by atoms with van der Waals surface area (Å²) < 4.78 is 10.9. The first-order valence-corrected chi connectivity index (χ1v) is 10.0. The fourth-order valence-electron chi connectivity index (χ4n) is 4.39. The van der Waals surface area contributed by atoms with E-state index >= 15 is 0 Å². The average molecular weight is 394 g/mol. The predicted octanol–water partition coefficient (Wildman–Crippen LogP) is 4.03. The summed E-state index contributed by atoms with van der Waals surface area (Å²) >= 11 is 0. The average Bonchev–Trinajstić information content (AvgIpc) is 2.74. The fraction of sp³-hybridized carbons (Fsp3) is 0.375. The third-order valence-corrected chi connectivity index (χ3v) is 5.59. The van der Waals surface area contributed by atoms with Crippen molar-refractivity contribution in [2.45, 2.75) is 38.5 Å². The maximum atomic E-state index is 13.5. The van der Waals surface area contributed by atoms with E-state index in [1.54, 1.807) is 13.8 Å². The first-order chi connectivity index (χ1) is 14.1. The number of esters is 2. The maximum Gasteiger partial charge on any atom is 0.324 e. The van der Waals surface area contributed by atoms with E-state index in [4.69, 9.17) is 9.47 Å².